The van der Waals surface area contributed by atoms with Crippen molar-refractivity contribution < 1.29 is 0 Å². The van der Waals surface area contributed by atoms with Crippen LogP contribution in [0.4, 0.5) is 0 Å². The summed E-state index contributed by atoms with van der Waals surface area (Å²) in [6.07, 6.45) is 12.0. The van der Waals surface area contributed by atoms with Crippen LogP contribution < -0.4 is 5.30 Å². The third kappa shape index (κ3) is 2.58. The number of hydrogen-bond donors (Lipinski definition) is 0. The zero-order valence-corrected chi connectivity index (χ0v) is 11.5. The number of hydrogen-bond acceptors (Lipinski definition) is 0. The van der Waals surface area contributed by atoms with Crippen molar-refractivity contribution in [2.75, 3.05) is 0 Å². The average Bonchev–Trinajstić information content (AvgIpc) is 3.04. The van der Waals surface area contributed by atoms with E-state index >= 15 is 0 Å². The molecule has 0 heterocycles. The van der Waals surface area contributed by atoms with Crippen molar-refractivity contribution in [3.05, 3.63) is 30.3 Å². The molecule has 0 atom stereocenters. The largest absolute Gasteiger partial charge is 0.0690 e. The second kappa shape index (κ2) is 5.53. The van der Waals surface area contributed by atoms with E-state index < -0.39 is 0 Å². The van der Waals surface area contributed by atoms with Crippen LogP contribution in [-0.2, 0) is 0 Å². The molecule has 0 aromatic heterocycles. The summed E-state index contributed by atoms with van der Waals surface area (Å²) in [6, 6.07) is 11.5. The minimum absolute atomic E-state index is 0.142. The molecule has 1 aromatic rings. The summed E-state index contributed by atoms with van der Waals surface area (Å²) in [6.45, 7) is 0. The normalized spacial score (nSPS) is 22.6. The van der Waals surface area contributed by atoms with Crippen LogP contribution in [0, 0.1) is 0 Å². The van der Waals surface area contributed by atoms with Crippen molar-refractivity contribution in [1.82, 2.24) is 0 Å². The van der Waals surface area contributed by atoms with Gasteiger partial charge in [-0.25, -0.2) is 0 Å². The first-order valence-electron chi connectivity index (χ1n) is 7.28. The van der Waals surface area contributed by atoms with Gasteiger partial charge in [0.1, 0.15) is 0 Å². The number of rotatable bonds is 3. The first-order valence-corrected chi connectivity index (χ1v) is 8.76. The van der Waals surface area contributed by atoms with Crippen LogP contribution in [0.1, 0.15) is 51.4 Å². The van der Waals surface area contributed by atoms with Crippen molar-refractivity contribution in [3.63, 3.8) is 0 Å². The predicted molar refractivity (Wildman–Crippen MR) is 77.5 cm³/mol. The summed E-state index contributed by atoms with van der Waals surface area (Å²) in [5.41, 5.74) is 2.10. The lowest BCUT2D eigenvalue weighted by Gasteiger charge is -2.30. The van der Waals surface area contributed by atoms with Crippen LogP contribution in [0.3, 0.4) is 0 Å². The Balaban J connectivity index is 1.84. The van der Waals surface area contributed by atoms with Gasteiger partial charge < -0.3 is 0 Å². The zero-order chi connectivity index (χ0) is 11.5. The van der Waals surface area contributed by atoms with Crippen LogP contribution in [0.25, 0.3) is 0 Å². The quantitative estimate of drug-likeness (QED) is 0.679. The Morgan fingerprint density at radius 2 is 1.18 bits per heavy atom. The highest BCUT2D eigenvalue weighted by atomic mass is 31.1. The SMILES string of the molecule is c1ccc(P(C2CCCC2)C2CCCC2)cc1. The van der Waals surface area contributed by atoms with E-state index in [0.717, 1.165) is 11.3 Å². The van der Waals surface area contributed by atoms with Gasteiger partial charge in [0.2, 0.25) is 0 Å². The third-order valence-electron chi connectivity index (χ3n) is 4.49. The topological polar surface area (TPSA) is 0 Å². The molecule has 1 aromatic carbocycles. The summed E-state index contributed by atoms with van der Waals surface area (Å²) >= 11 is 0. The lowest BCUT2D eigenvalue weighted by Crippen LogP contribution is -2.18. The van der Waals surface area contributed by atoms with E-state index in [0.29, 0.717) is 0 Å². The molecule has 0 aliphatic heterocycles. The Hall–Kier alpha value is -0.350. The average molecular weight is 246 g/mol. The molecule has 3 rings (SSSR count). The Bertz CT molecular complexity index is 318. The Morgan fingerprint density at radius 1 is 0.706 bits per heavy atom. The van der Waals surface area contributed by atoms with Crippen LogP contribution in [0.15, 0.2) is 30.3 Å². The molecule has 2 aliphatic rings. The Kier molecular flexibility index (Phi) is 3.81. The Morgan fingerprint density at radius 3 is 1.65 bits per heavy atom. The van der Waals surface area contributed by atoms with Gasteiger partial charge in [-0.2, -0.15) is 0 Å². The van der Waals surface area contributed by atoms with Gasteiger partial charge in [-0.15, -0.1) is 0 Å². The first-order chi connectivity index (χ1) is 8.45. The first kappa shape index (κ1) is 11.7. The smallest absolute Gasteiger partial charge is 0.0166 e. The molecule has 0 nitrogen and oxygen atoms in total. The van der Waals surface area contributed by atoms with Gasteiger partial charge in [0.05, 0.1) is 0 Å². The second-order valence-corrected chi connectivity index (χ2v) is 8.41. The van der Waals surface area contributed by atoms with Crippen LogP contribution in [0.2, 0.25) is 0 Å². The fraction of sp³-hybridized carbons (Fsp3) is 0.625. The van der Waals surface area contributed by atoms with E-state index in [1.165, 1.54) is 51.4 Å². The standard InChI is InChI=1S/C16H23P/c1-2-8-14(9-3-1)17(15-10-4-5-11-15)16-12-6-7-13-16/h1-3,8-9,15-16H,4-7,10-13H2. The molecule has 0 saturated heterocycles. The van der Waals surface area contributed by atoms with Crippen LogP contribution in [0.5, 0.6) is 0 Å². The van der Waals surface area contributed by atoms with Gasteiger partial charge >= 0.3 is 0 Å². The molecule has 0 unspecified atom stereocenters. The van der Waals surface area contributed by atoms with E-state index in [-0.39, 0.29) is 7.92 Å². The molecule has 0 radical (unpaired) electrons. The highest BCUT2D eigenvalue weighted by molar-refractivity contribution is 7.67. The Labute approximate surface area is 107 Å². The molecule has 92 valence electrons. The molecular formula is C16H23P. The summed E-state index contributed by atoms with van der Waals surface area (Å²) in [7, 11) is 0.142. The molecule has 0 bridgehead atoms. The van der Waals surface area contributed by atoms with Crippen molar-refractivity contribution >= 4 is 13.2 Å². The van der Waals surface area contributed by atoms with E-state index in [2.05, 4.69) is 30.3 Å². The zero-order valence-electron chi connectivity index (χ0n) is 10.6. The lowest BCUT2D eigenvalue weighted by molar-refractivity contribution is 0.835. The summed E-state index contributed by atoms with van der Waals surface area (Å²) in [5, 5.41) is 1.70. The molecule has 2 aliphatic carbocycles. The molecular weight excluding hydrogens is 223 g/mol. The van der Waals surface area contributed by atoms with Crippen molar-refractivity contribution in [2.45, 2.75) is 62.7 Å². The van der Waals surface area contributed by atoms with Gasteiger partial charge in [-0.3, -0.25) is 0 Å². The highest BCUT2D eigenvalue weighted by Gasteiger charge is 2.33. The summed E-state index contributed by atoms with van der Waals surface area (Å²) in [5.74, 6) is 0. The molecule has 2 saturated carbocycles. The van der Waals surface area contributed by atoms with Gasteiger partial charge in [0, 0.05) is 0 Å². The van der Waals surface area contributed by atoms with E-state index in [4.69, 9.17) is 0 Å². The summed E-state index contributed by atoms with van der Waals surface area (Å²) < 4.78 is 0. The molecule has 1 heteroatoms. The molecule has 0 spiro atoms. The number of benzene rings is 1. The predicted octanol–water partition coefficient (Wildman–Crippen LogP) is 4.68. The molecule has 0 amide bonds. The van der Waals surface area contributed by atoms with E-state index in [9.17, 15) is 0 Å². The highest BCUT2D eigenvalue weighted by Crippen LogP contribution is 2.56. The van der Waals surface area contributed by atoms with E-state index in [1.807, 2.05) is 0 Å². The van der Waals surface area contributed by atoms with Crippen molar-refractivity contribution in [1.29, 1.82) is 0 Å². The van der Waals surface area contributed by atoms with Crippen LogP contribution >= 0.6 is 7.92 Å². The fourth-order valence-corrected chi connectivity index (χ4v) is 7.48. The summed E-state index contributed by atoms with van der Waals surface area (Å²) in [4.78, 5) is 0. The van der Waals surface area contributed by atoms with Crippen molar-refractivity contribution in [2.24, 2.45) is 0 Å². The molecule has 2 fully saturated rings. The fourth-order valence-electron chi connectivity index (χ4n) is 3.68. The van der Waals surface area contributed by atoms with Gasteiger partial charge in [-0.05, 0) is 42.3 Å². The van der Waals surface area contributed by atoms with E-state index in [1.54, 1.807) is 5.30 Å². The minimum Gasteiger partial charge on any atom is -0.0690 e. The third-order valence-corrected chi connectivity index (χ3v) is 7.99. The van der Waals surface area contributed by atoms with Crippen molar-refractivity contribution in [3.8, 4) is 0 Å². The van der Waals surface area contributed by atoms with Gasteiger partial charge in [0.25, 0.3) is 0 Å². The van der Waals surface area contributed by atoms with Crippen LogP contribution in [-0.4, -0.2) is 11.3 Å². The maximum Gasteiger partial charge on any atom is -0.0166 e. The maximum absolute atomic E-state index is 2.41. The second-order valence-electron chi connectivity index (χ2n) is 5.62. The monoisotopic (exact) mass is 246 g/mol. The lowest BCUT2D eigenvalue weighted by atomic mass is 10.3. The molecule has 0 N–H and O–H groups in total. The maximum atomic E-state index is 2.41. The minimum atomic E-state index is 0.142. The van der Waals surface area contributed by atoms with Gasteiger partial charge in [-0.1, -0.05) is 63.9 Å². The molecule has 17 heavy (non-hydrogen) atoms. The van der Waals surface area contributed by atoms with Gasteiger partial charge in [0.15, 0.2) is 0 Å².